The van der Waals surface area contributed by atoms with Gasteiger partial charge in [-0.2, -0.15) is 4.31 Å². The van der Waals surface area contributed by atoms with E-state index in [1.54, 1.807) is 6.92 Å². The van der Waals surface area contributed by atoms with Crippen LogP contribution >= 0.6 is 0 Å². The van der Waals surface area contributed by atoms with Crippen molar-refractivity contribution < 1.29 is 26.8 Å². The van der Waals surface area contributed by atoms with Crippen LogP contribution in [0.5, 0.6) is 0 Å². The Kier molecular flexibility index (Phi) is 6.38. The zero-order valence-corrected chi connectivity index (χ0v) is 18.3. The van der Waals surface area contributed by atoms with Crippen LogP contribution in [0.15, 0.2) is 63.9 Å². The zero-order valence-electron chi connectivity index (χ0n) is 17.5. The molecule has 1 saturated heterocycles. The highest BCUT2D eigenvalue weighted by molar-refractivity contribution is 7.89. The van der Waals surface area contributed by atoms with Crippen LogP contribution in [-0.2, 0) is 26.2 Å². The number of aryl methyl sites for hydroxylation is 1. The molecule has 0 aliphatic carbocycles. The number of hydrogen-bond donors (Lipinski definition) is 0. The number of sulfonamides is 1. The summed E-state index contributed by atoms with van der Waals surface area (Å²) < 4.78 is 51.3. The lowest BCUT2D eigenvalue weighted by atomic mass is 10.00. The summed E-state index contributed by atoms with van der Waals surface area (Å²) in [6.45, 7) is 2.01. The Morgan fingerprint density at radius 2 is 1.91 bits per heavy atom. The molecule has 4 rings (SSSR count). The van der Waals surface area contributed by atoms with E-state index in [0.29, 0.717) is 36.7 Å². The summed E-state index contributed by atoms with van der Waals surface area (Å²) in [6.07, 6.45) is 1.06. The van der Waals surface area contributed by atoms with Gasteiger partial charge in [-0.1, -0.05) is 18.2 Å². The second-order valence-corrected chi connectivity index (χ2v) is 9.59. The minimum atomic E-state index is -3.81. The summed E-state index contributed by atoms with van der Waals surface area (Å²) in [5, 5.41) is 0. The maximum atomic E-state index is 13.2. The summed E-state index contributed by atoms with van der Waals surface area (Å²) >= 11 is 0. The van der Waals surface area contributed by atoms with Crippen LogP contribution < -0.4 is 0 Å². The van der Waals surface area contributed by atoms with Gasteiger partial charge in [-0.05, 0) is 56.2 Å². The first kappa shape index (κ1) is 22.2. The standard InChI is InChI=1S/C23H23FN2O5S/c1-16-21(25-22(31-16)17-6-3-2-4-7-17)15-30-23(27)18-8-5-13-26(14-18)32(28,29)20-11-9-19(24)10-12-20/h2-4,6-7,9-12,18H,5,8,13-15H2,1H3/t18-/m0/s1. The molecule has 168 valence electrons. The molecule has 1 atom stereocenters. The molecular weight excluding hydrogens is 435 g/mol. The van der Waals surface area contributed by atoms with Crippen molar-refractivity contribution in [1.82, 2.24) is 9.29 Å². The maximum absolute atomic E-state index is 13.2. The van der Waals surface area contributed by atoms with E-state index in [1.165, 1.54) is 16.4 Å². The summed E-state index contributed by atoms with van der Waals surface area (Å²) in [5.41, 5.74) is 1.34. The van der Waals surface area contributed by atoms with Gasteiger partial charge in [0.1, 0.15) is 23.9 Å². The number of carbonyl (C=O) groups excluding carboxylic acids is 1. The third kappa shape index (κ3) is 4.73. The minimum absolute atomic E-state index is 0.000388. The van der Waals surface area contributed by atoms with E-state index in [0.717, 1.165) is 17.7 Å². The first-order chi connectivity index (χ1) is 15.3. The Morgan fingerprint density at radius 1 is 1.19 bits per heavy atom. The van der Waals surface area contributed by atoms with E-state index in [1.807, 2.05) is 30.3 Å². The predicted octanol–water partition coefficient (Wildman–Crippen LogP) is 3.93. The van der Waals surface area contributed by atoms with Gasteiger partial charge in [-0.15, -0.1) is 0 Å². The maximum Gasteiger partial charge on any atom is 0.310 e. The number of carbonyl (C=O) groups is 1. The quantitative estimate of drug-likeness (QED) is 0.520. The van der Waals surface area contributed by atoms with Gasteiger partial charge >= 0.3 is 5.97 Å². The highest BCUT2D eigenvalue weighted by Crippen LogP contribution is 2.26. The van der Waals surface area contributed by atoms with Gasteiger partial charge in [0, 0.05) is 18.7 Å². The molecule has 1 aromatic heterocycles. The molecule has 9 heteroatoms. The fourth-order valence-electron chi connectivity index (χ4n) is 3.63. The molecule has 0 spiro atoms. The van der Waals surface area contributed by atoms with Gasteiger partial charge in [0.05, 0.1) is 10.8 Å². The van der Waals surface area contributed by atoms with Crippen LogP contribution in [0.1, 0.15) is 24.3 Å². The van der Waals surface area contributed by atoms with E-state index in [9.17, 15) is 17.6 Å². The highest BCUT2D eigenvalue weighted by atomic mass is 32.2. The molecule has 0 N–H and O–H groups in total. The number of benzene rings is 2. The number of aromatic nitrogens is 1. The molecule has 32 heavy (non-hydrogen) atoms. The van der Waals surface area contributed by atoms with E-state index in [2.05, 4.69) is 4.98 Å². The second kappa shape index (κ2) is 9.22. The molecule has 1 aliphatic rings. The number of rotatable bonds is 6. The number of halogens is 1. The minimum Gasteiger partial charge on any atom is -0.459 e. The Bertz CT molecular complexity index is 1190. The molecule has 1 aliphatic heterocycles. The summed E-state index contributed by atoms with van der Waals surface area (Å²) in [5.74, 6) is -0.570. The molecule has 2 aromatic carbocycles. The van der Waals surface area contributed by atoms with Crippen LogP contribution in [0.3, 0.4) is 0 Å². The van der Waals surface area contributed by atoms with Crippen LogP contribution in [-0.4, -0.2) is 36.8 Å². The Balaban J connectivity index is 1.40. The fraction of sp³-hybridized carbons (Fsp3) is 0.304. The van der Waals surface area contributed by atoms with Crippen LogP contribution in [0, 0.1) is 18.7 Å². The van der Waals surface area contributed by atoms with Gasteiger partial charge < -0.3 is 9.15 Å². The number of oxazole rings is 1. The van der Waals surface area contributed by atoms with Gasteiger partial charge in [0.25, 0.3) is 0 Å². The van der Waals surface area contributed by atoms with E-state index >= 15 is 0 Å². The highest BCUT2D eigenvalue weighted by Gasteiger charge is 2.34. The van der Waals surface area contributed by atoms with Crippen molar-refractivity contribution in [2.45, 2.75) is 31.3 Å². The number of nitrogens with zero attached hydrogens (tertiary/aromatic N) is 2. The Hall–Kier alpha value is -3.04. The van der Waals surface area contributed by atoms with Crippen molar-refractivity contribution in [3.63, 3.8) is 0 Å². The Labute approximate surface area is 185 Å². The van der Waals surface area contributed by atoms with Gasteiger partial charge in [-0.3, -0.25) is 4.79 Å². The number of ether oxygens (including phenoxy) is 1. The fourth-order valence-corrected chi connectivity index (χ4v) is 5.16. The largest absolute Gasteiger partial charge is 0.459 e. The van der Waals surface area contributed by atoms with Gasteiger partial charge in [0.15, 0.2) is 0 Å². The van der Waals surface area contributed by atoms with Gasteiger partial charge in [0.2, 0.25) is 15.9 Å². The average molecular weight is 459 g/mol. The molecule has 7 nitrogen and oxygen atoms in total. The molecule has 0 amide bonds. The molecule has 2 heterocycles. The summed E-state index contributed by atoms with van der Waals surface area (Å²) in [7, 11) is -3.81. The van der Waals surface area contributed by atoms with Crippen molar-refractivity contribution in [2.75, 3.05) is 13.1 Å². The lowest BCUT2D eigenvalue weighted by Crippen LogP contribution is -2.42. The molecule has 0 bridgehead atoms. The van der Waals surface area contributed by atoms with E-state index in [-0.39, 0.29) is 18.0 Å². The third-order valence-corrected chi connectivity index (χ3v) is 7.31. The SMILES string of the molecule is Cc1oc(-c2ccccc2)nc1COC(=O)[C@H]1CCCN(S(=O)(=O)c2ccc(F)cc2)C1. The first-order valence-corrected chi connectivity index (χ1v) is 11.7. The van der Waals surface area contributed by atoms with Crippen molar-refractivity contribution in [2.24, 2.45) is 5.92 Å². The van der Waals surface area contributed by atoms with Gasteiger partial charge in [-0.25, -0.2) is 17.8 Å². The second-order valence-electron chi connectivity index (χ2n) is 7.65. The molecule has 0 saturated carbocycles. The number of piperidine rings is 1. The number of esters is 1. The molecule has 3 aromatic rings. The van der Waals surface area contributed by atoms with Crippen LogP contribution in [0.4, 0.5) is 4.39 Å². The van der Waals surface area contributed by atoms with Crippen LogP contribution in [0.25, 0.3) is 11.5 Å². The normalized spacial score (nSPS) is 17.2. The van der Waals surface area contributed by atoms with Crippen LogP contribution in [0.2, 0.25) is 0 Å². The van der Waals surface area contributed by atoms with Crippen molar-refractivity contribution in [3.05, 3.63) is 71.9 Å². The van der Waals surface area contributed by atoms with Crippen molar-refractivity contribution in [1.29, 1.82) is 0 Å². The monoisotopic (exact) mass is 458 g/mol. The number of hydrogen-bond acceptors (Lipinski definition) is 6. The zero-order chi connectivity index (χ0) is 22.7. The average Bonchev–Trinajstić information content (AvgIpc) is 3.19. The molecule has 0 radical (unpaired) electrons. The summed E-state index contributed by atoms with van der Waals surface area (Å²) in [6, 6.07) is 14.1. The van der Waals surface area contributed by atoms with Crippen molar-refractivity contribution >= 4 is 16.0 Å². The summed E-state index contributed by atoms with van der Waals surface area (Å²) in [4.78, 5) is 17.1. The lowest BCUT2D eigenvalue weighted by Gasteiger charge is -2.30. The third-order valence-electron chi connectivity index (χ3n) is 5.43. The first-order valence-electron chi connectivity index (χ1n) is 10.3. The van der Waals surface area contributed by atoms with E-state index < -0.39 is 27.7 Å². The lowest BCUT2D eigenvalue weighted by molar-refractivity contribution is -0.151. The van der Waals surface area contributed by atoms with E-state index in [4.69, 9.17) is 9.15 Å². The molecule has 1 fully saturated rings. The molecular formula is C23H23FN2O5S. The Morgan fingerprint density at radius 3 is 2.62 bits per heavy atom. The predicted molar refractivity (Wildman–Crippen MR) is 114 cm³/mol. The smallest absolute Gasteiger partial charge is 0.310 e. The van der Waals surface area contributed by atoms with Crippen molar-refractivity contribution in [3.8, 4) is 11.5 Å². The topological polar surface area (TPSA) is 89.7 Å². The molecule has 0 unspecified atom stereocenters.